The van der Waals surface area contributed by atoms with Gasteiger partial charge in [-0.1, -0.05) is 58.2 Å². The largest absolute Gasteiger partial charge is 0.394 e. The minimum Gasteiger partial charge on any atom is -0.264 e. The molecule has 2 N–H and O–H groups in total. The number of hydrogen-bond acceptors (Lipinski definition) is 2. The Kier molecular flexibility index (Phi) is 12.0. The van der Waals surface area contributed by atoms with Gasteiger partial charge in [0.05, 0.1) is 0 Å². The molecule has 0 unspecified atom stereocenters. The highest BCUT2D eigenvalue weighted by Crippen LogP contribution is 2.21. The lowest BCUT2D eigenvalue weighted by Gasteiger charge is -2.14. The second-order valence-electron chi connectivity index (χ2n) is 5.81. The van der Waals surface area contributed by atoms with Crippen LogP contribution in [0, 0.1) is 0 Å². The smallest absolute Gasteiger partial charge is 0.264 e. The fourth-order valence-electron chi connectivity index (χ4n) is 2.57. The van der Waals surface area contributed by atoms with Crippen LogP contribution in [0.2, 0.25) is 0 Å². The second kappa shape index (κ2) is 12.5. The molecule has 0 bridgehead atoms. The van der Waals surface area contributed by atoms with Crippen molar-refractivity contribution in [3.05, 3.63) is 34.9 Å². The molecule has 4 nitrogen and oxygen atoms in total. The topological polar surface area (TPSA) is 74.6 Å². The Labute approximate surface area is 141 Å². The van der Waals surface area contributed by atoms with Crippen LogP contribution in [0.5, 0.6) is 0 Å². The second-order valence-corrected chi connectivity index (χ2v) is 6.71. The molecule has 0 aromatic heterocycles. The SMILES string of the molecule is CCCCc1cccc(CCCC)c1CCCC.O=S(=O)(O)O. The number of hydrogen-bond donors (Lipinski definition) is 2. The number of benzene rings is 1. The monoisotopic (exact) mass is 344 g/mol. The Balaban J connectivity index is 0.000000841. The number of aryl methyl sites for hydroxylation is 2. The molecule has 0 fully saturated rings. The van der Waals surface area contributed by atoms with Gasteiger partial charge in [-0.05, 0) is 55.2 Å². The molecule has 23 heavy (non-hydrogen) atoms. The van der Waals surface area contributed by atoms with E-state index in [0.29, 0.717) is 0 Å². The molecular weight excluding hydrogens is 312 g/mol. The van der Waals surface area contributed by atoms with Crippen molar-refractivity contribution < 1.29 is 17.5 Å². The zero-order chi connectivity index (χ0) is 17.7. The molecule has 1 rings (SSSR count). The molecule has 1 aromatic carbocycles. The first kappa shape index (κ1) is 22.1. The average Bonchev–Trinajstić information content (AvgIpc) is 2.47. The van der Waals surface area contributed by atoms with Crippen LogP contribution in [-0.4, -0.2) is 17.5 Å². The Morgan fingerprint density at radius 3 is 1.48 bits per heavy atom. The molecule has 1 aromatic rings. The molecule has 0 amide bonds. The van der Waals surface area contributed by atoms with Crippen LogP contribution < -0.4 is 0 Å². The van der Waals surface area contributed by atoms with Gasteiger partial charge in [0, 0.05) is 0 Å². The van der Waals surface area contributed by atoms with Crippen molar-refractivity contribution in [2.75, 3.05) is 0 Å². The van der Waals surface area contributed by atoms with Crippen molar-refractivity contribution in [3.8, 4) is 0 Å². The molecule has 0 radical (unpaired) electrons. The van der Waals surface area contributed by atoms with Gasteiger partial charge in [-0.3, -0.25) is 9.11 Å². The van der Waals surface area contributed by atoms with Crippen LogP contribution in [0.1, 0.15) is 76.0 Å². The van der Waals surface area contributed by atoms with E-state index in [4.69, 9.17) is 17.5 Å². The summed E-state index contributed by atoms with van der Waals surface area (Å²) in [7, 11) is -4.67. The van der Waals surface area contributed by atoms with Gasteiger partial charge in [-0.25, -0.2) is 0 Å². The molecule has 0 aliphatic heterocycles. The molecule has 0 aliphatic carbocycles. The first-order valence-corrected chi connectivity index (χ1v) is 10.0. The average molecular weight is 345 g/mol. The lowest BCUT2D eigenvalue weighted by atomic mass is 9.91. The van der Waals surface area contributed by atoms with Crippen LogP contribution in [0.3, 0.4) is 0 Å². The Morgan fingerprint density at radius 1 is 0.783 bits per heavy atom. The van der Waals surface area contributed by atoms with Crippen molar-refractivity contribution in [1.29, 1.82) is 0 Å². The van der Waals surface area contributed by atoms with Crippen molar-refractivity contribution in [1.82, 2.24) is 0 Å². The first-order valence-electron chi connectivity index (χ1n) is 8.62. The summed E-state index contributed by atoms with van der Waals surface area (Å²) >= 11 is 0. The predicted octanol–water partition coefficient (Wildman–Crippen LogP) is 5.06. The van der Waals surface area contributed by atoms with E-state index < -0.39 is 10.4 Å². The summed E-state index contributed by atoms with van der Waals surface area (Å²) in [5, 5.41) is 0. The van der Waals surface area contributed by atoms with E-state index in [1.165, 1.54) is 57.8 Å². The van der Waals surface area contributed by atoms with Crippen molar-refractivity contribution in [3.63, 3.8) is 0 Å². The van der Waals surface area contributed by atoms with Crippen molar-refractivity contribution >= 4 is 10.4 Å². The molecule has 0 saturated heterocycles. The van der Waals surface area contributed by atoms with E-state index in [-0.39, 0.29) is 0 Å². The molecule has 0 saturated carbocycles. The van der Waals surface area contributed by atoms with Gasteiger partial charge >= 0.3 is 10.4 Å². The fourth-order valence-corrected chi connectivity index (χ4v) is 2.57. The minimum atomic E-state index is -4.67. The Bertz CT molecular complexity index is 490. The van der Waals surface area contributed by atoms with Crippen LogP contribution in [0.4, 0.5) is 0 Å². The zero-order valence-electron chi connectivity index (χ0n) is 14.7. The maximum Gasteiger partial charge on any atom is 0.394 e. The summed E-state index contributed by atoms with van der Waals surface area (Å²) in [6, 6.07) is 6.98. The highest BCUT2D eigenvalue weighted by atomic mass is 32.3. The van der Waals surface area contributed by atoms with E-state index in [0.717, 1.165) is 0 Å². The van der Waals surface area contributed by atoms with Gasteiger partial charge < -0.3 is 0 Å². The van der Waals surface area contributed by atoms with E-state index in [1.54, 1.807) is 16.7 Å². The molecule has 134 valence electrons. The van der Waals surface area contributed by atoms with Gasteiger partial charge in [-0.15, -0.1) is 0 Å². The van der Waals surface area contributed by atoms with Crippen molar-refractivity contribution in [2.24, 2.45) is 0 Å². The maximum atomic E-state index is 8.74. The quantitative estimate of drug-likeness (QED) is 0.614. The minimum absolute atomic E-state index is 1.27. The summed E-state index contributed by atoms with van der Waals surface area (Å²) < 4.78 is 31.6. The third-order valence-corrected chi connectivity index (χ3v) is 3.75. The highest BCUT2D eigenvalue weighted by Gasteiger charge is 2.07. The summed E-state index contributed by atoms with van der Waals surface area (Å²) in [6.45, 7) is 6.86. The summed E-state index contributed by atoms with van der Waals surface area (Å²) in [6.07, 6.45) is 11.7. The third kappa shape index (κ3) is 12.2. The van der Waals surface area contributed by atoms with Crippen LogP contribution in [-0.2, 0) is 29.7 Å². The highest BCUT2D eigenvalue weighted by molar-refractivity contribution is 7.79. The molecule has 0 spiro atoms. The van der Waals surface area contributed by atoms with Gasteiger partial charge in [0.15, 0.2) is 0 Å². The lowest BCUT2D eigenvalue weighted by molar-refractivity contribution is 0.381. The van der Waals surface area contributed by atoms with E-state index in [1.807, 2.05) is 0 Å². The third-order valence-electron chi connectivity index (χ3n) is 3.75. The predicted molar refractivity (Wildman–Crippen MR) is 96.5 cm³/mol. The van der Waals surface area contributed by atoms with E-state index in [9.17, 15) is 0 Å². The van der Waals surface area contributed by atoms with Crippen LogP contribution in [0.25, 0.3) is 0 Å². The lowest BCUT2D eigenvalue weighted by Crippen LogP contribution is -2.01. The van der Waals surface area contributed by atoms with Crippen molar-refractivity contribution in [2.45, 2.75) is 78.6 Å². The first-order chi connectivity index (χ1) is 10.8. The number of unbranched alkanes of at least 4 members (excludes halogenated alkanes) is 3. The molecule has 0 atom stereocenters. The van der Waals surface area contributed by atoms with Gasteiger partial charge in [0.25, 0.3) is 0 Å². The normalized spacial score (nSPS) is 11.0. The van der Waals surface area contributed by atoms with Crippen LogP contribution in [0.15, 0.2) is 18.2 Å². The van der Waals surface area contributed by atoms with Gasteiger partial charge in [-0.2, -0.15) is 8.42 Å². The van der Waals surface area contributed by atoms with E-state index >= 15 is 0 Å². The molecule has 0 aliphatic rings. The molecule has 5 heteroatoms. The maximum absolute atomic E-state index is 8.74. The molecule has 0 heterocycles. The molecular formula is C18H32O4S. The standard InChI is InChI=1S/C18H30.H2O4S/c1-4-7-11-16-13-10-14-17(12-8-5-2)18(16)15-9-6-3;1-5(2,3)4/h10,13-14H,4-9,11-12,15H2,1-3H3;(H2,1,2,3,4). The fraction of sp³-hybridized carbons (Fsp3) is 0.667. The van der Waals surface area contributed by atoms with Gasteiger partial charge in [0.1, 0.15) is 0 Å². The van der Waals surface area contributed by atoms with Crippen LogP contribution >= 0.6 is 0 Å². The summed E-state index contributed by atoms with van der Waals surface area (Å²) in [4.78, 5) is 0. The summed E-state index contributed by atoms with van der Waals surface area (Å²) in [5.41, 5.74) is 4.93. The van der Waals surface area contributed by atoms with E-state index in [2.05, 4.69) is 39.0 Å². The zero-order valence-corrected chi connectivity index (χ0v) is 15.5. The summed E-state index contributed by atoms with van der Waals surface area (Å²) in [5.74, 6) is 0. The number of rotatable bonds is 9. The Hall–Kier alpha value is -0.910. The van der Waals surface area contributed by atoms with Gasteiger partial charge in [0.2, 0.25) is 0 Å². The Morgan fingerprint density at radius 2 is 1.13 bits per heavy atom.